The normalized spacial score (nSPS) is 12.7. The summed E-state index contributed by atoms with van der Waals surface area (Å²) in [5.74, 6) is -0.889. The minimum Gasteiger partial charge on any atom is -0.462 e. The van der Waals surface area contributed by atoms with Crippen LogP contribution in [0.15, 0.2) is 97.2 Å². The molecule has 0 spiro atoms. The predicted molar refractivity (Wildman–Crippen MR) is 339 cm³/mol. The van der Waals surface area contributed by atoms with Crippen LogP contribution in [0.3, 0.4) is 0 Å². The molecule has 0 rings (SSSR count). The lowest BCUT2D eigenvalue weighted by Gasteiger charge is -2.18. The van der Waals surface area contributed by atoms with Gasteiger partial charge >= 0.3 is 17.9 Å². The lowest BCUT2D eigenvalue weighted by Crippen LogP contribution is -2.30. The molecule has 0 aliphatic heterocycles. The van der Waals surface area contributed by atoms with Crippen LogP contribution in [-0.4, -0.2) is 37.2 Å². The van der Waals surface area contributed by atoms with Crippen molar-refractivity contribution in [1.29, 1.82) is 0 Å². The van der Waals surface area contributed by atoms with Gasteiger partial charge in [-0.3, -0.25) is 14.4 Å². The number of unbranched alkanes of at least 4 members (excludes halogenated alkanes) is 33. The topological polar surface area (TPSA) is 78.9 Å². The lowest BCUT2D eigenvalue weighted by molar-refractivity contribution is -0.167. The Morgan fingerprint density at radius 3 is 0.846 bits per heavy atom. The molecule has 6 heteroatoms. The molecule has 1 atom stereocenters. The number of hydrogen-bond donors (Lipinski definition) is 0. The minimum absolute atomic E-state index is 0.0825. The number of hydrogen-bond acceptors (Lipinski definition) is 6. The number of rotatable bonds is 60. The van der Waals surface area contributed by atoms with Gasteiger partial charge in [-0.15, -0.1) is 0 Å². The van der Waals surface area contributed by atoms with Crippen LogP contribution >= 0.6 is 0 Å². The molecule has 0 aromatic carbocycles. The Kier molecular flexibility index (Phi) is 62.7. The van der Waals surface area contributed by atoms with Crippen LogP contribution in [0, 0.1) is 0 Å². The van der Waals surface area contributed by atoms with Gasteiger partial charge in [-0.1, -0.05) is 285 Å². The number of ether oxygens (including phenoxy) is 3. The van der Waals surface area contributed by atoms with E-state index in [0.717, 1.165) is 116 Å². The van der Waals surface area contributed by atoms with Gasteiger partial charge in [0.25, 0.3) is 0 Å². The number of esters is 3. The number of carbonyl (C=O) groups is 3. The van der Waals surface area contributed by atoms with Crippen molar-refractivity contribution in [3.8, 4) is 0 Å². The van der Waals surface area contributed by atoms with Gasteiger partial charge in [0.05, 0.1) is 0 Å². The summed E-state index contributed by atoms with van der Waals surface area (Å²) in [4.78, 5) is 38.3. The quantitative estimate of drug-likeness (QED) is 0.0261. The first-order valence-electron chi connectivity index (χ1n) is 33.2. The molecule has 0 saturated carbocycles. The Morgan fingerprint density at radius 1 is 0.269 bits per heavy atom. The molecule has 0 aromatic heterocycles. The van der Waals surface area contributed by atoms with E-state index in [1.54, 1.807) is 0 Å². The highest BCUT2D eigenvalue weighted by Crippen LogP contribution is 2.16. The maximum absolute atomic E-state index is 12.9. The lowest BCUT2D eigenvalue weighted by atomic mass is 10.0. The van der Waals surface area contributed by atoms with E-state index in [9.17, 15) is 14.4 Å². The fourth-order valence-electron chi connectivity index (χ4n) is 9.33. The highest BCUT2D eigenvalue weighted by Gasteiger charge is 2.19. The summed E-state index contributed by atoms with van der Waals surface area (Å²) in [7, 11) is 0. The van der Waals surface area contributed by atoms with Crippen molar-refractivity contribution >= 4 is 17.9 Å². The molecular formula is C72H124O6. The van der Waals surface area contributed by atoms with Gasteiger partial charge in [-0.05, 0) is 116 Å². The number of carbonyl (C=O) groups excluding carboxylic acids is 3. The van der Waals surface area contributed by atoms with Crippen LogP contribution in [0.25, 0.3) is 0 Å². The van der Waals surface area contributed by atoms with Crippen molar-refractivity contribution in [3.63, 3.8) is 0 Å². The second-order valence-electron chi connectivity index (χ2n) is 22.0. The monoisotopic (exact) mass is 1080 g/mol. The maximum Gasteiger partial charge on any atom is 0.306 e. The second-order valence-corrected chi connectivity index (χ2v) is 22.0. The van der Waals surface area contributed by atoms with Crippen LogP contribution in [0.5, 0.6) is 0 Å². The molecule has 0 aliphatic carbocycles. The van der Waals surface area contributed by atoms with Crippen molar-refractivity contribution in [2.75, 3.05) is 13.2 Å². The Morgan fingerprint density at radius 2 is 0.526 bits per heavy atom. The Balaban J connectivity index is 4.24. The smallest absolute Gasteiger partial charge is 0.306 e. The van der Waals surface area contributed by atoms with E-state index in [2.05, 4.69) is 118 Å². The highest BCUT2D eigenvalue weighted by atomic mass is 16.6. The third kappa shape index (κ3) is 63.2. The van der Waals surface area contributed by atoms with Gasteiger partial charge < -0.3 is 14.2 Å². The average Bonchev–Trinajstić information content (AvgIpc) is 3.44. The van der Waals surface area contributed by atoms with Crippen LogP contribution in [0.4, 0.5) is 0 Å². The van der Waals surface area contributed by atoms with Gasteiger partial charge in [-0.25, -0.2) is 0 Å². The zero-order valence-corrected chi connectivity index (χ0v) is 51.4. The Bertz CT molecular complexity index is 1530. The van der Waals surface area contributed by atoms with Crippen LogP contribution < -0.4 is 0 Å². The van der Waals surface area contributed by atoms with Crippen LogP contribution in [-0.2, 0) is 28.6 Å². The summed E-state index contributed by atoms with van der Waals surface area (Å²) in [6.45, 7) is 6.47. The third-order valence-corrected chi connectivity index (χ3v) is 14.3. The predicted octanol–water partition coefficient (Wildman–Crippen LogP) is 22.8. The standard InChI is InChI=1S/C72H124O6/c1-4-7-10-13-16-19-22-24-26-28-30-32-34-36-38-40-42-44-46-48-50-53-56-59-62-65-71(74)77-68-69(67-76-70(73)64-61-58-55-52-21-18-15-12-9-6-3)78-72(75)66-63-60-57-54-51-49-47-45-43-41-39-37-35-33-31-29-27-25-23-20-17-14-11-8-5-2/h7,10,12,15-16,19,23-26,29-32,36,38,69H,4-6,8-9,11,13-14,17-18,20-22,27-28,33-35,37,39-68H2,1-3H3/b10-7-,15-12-,19-16-,25-23-,26-24-,31-29-,32-30-,38-36-. The number of allylic oxidation sites excluding steroid dienone is 16. The van der Waals surface area contributed by atoms with Gasteiger partial charge in [-0.2, -0.15) is 0 Å². The van der Waals surface area contributed by atoms with E-state index in [0.29, 0.717) is 19.3 Å². The van der Waals surface area contributed by atoms with E-state index in [1.807, 2.05) is 0 Å². The summed E-state index contributed by atoms with van der Waals surface area (Å²) >= 11 is 0. The molecule has 0 radical (unpaired) electrons. The first kappa shape index (κ1) is 74.3. The molecule has 0 N–H and O–H groups in total. The molecule has 0 fully saturated rings. The van der Waals surface area contributed by atoms with E-state index in [-0.39, 0.29) is 31.1 Å². The summed E-state index contributed by atoms with van der Waals surface area (Å²) in [5.41, 5.74) is 0. The van der Waals surface area contributed by atoms with E-state index in [1.165, 1.54) is 167 Å². The first-order valence-corrected chi connectivity index (χ1v) is 33.2. The molecule has 0 saturated heterocycles. The SMILES string of the molecule is CC/C=C\C/C=C\C/C=C\C/C=C\C/C=C\CCCCCCCCCCCC(=O)OCC(COC(=O)CCCCCCC/C=C\CCC)OC(=O)CCCCCCCCCCCCCCC/C=C\C/C=C\CCCCCCC. The zero-order chi connectivity index (χ0) is 56.4. The Labute approximate surface area is 483 Å². The van der Waals surface area contributed by atoms with Gasteiger partial charge in [0.15, 0.2) is 6.10 Å². The molecule has 448 valence electrons. The second kappa shape index (κ2) is 65.8. The Hall–Kier alpha value is -3.67. The molecule has 0 bridgehead atoms. The molecule has 0 amide bonds. The fraction of sp³-hybridized carbons (Fsp3) is 0.736. The zero-order valence-electron chi connectivity index (χ0n) is 51.4. The van der Waals surface area contributed by atoms with Crippen molar-refractivity contribution in [2.24, 2.45) is 0 Å². The molecule has 0 aliphatic rings. The van der Waals surface area contributed by atoms with Crippen LogP contribution in [0.2, 0.25) is 0 Å². The summed E-state index contributed by atoms with van der Waals surface area (Å²) in [5, 5.41) is 0. The molecule has 1 unspecified atom stereocenters. The van der Waals surface area contributed by atoms with Crippen LogP contribution in [0.1, 0.15) is 323 Å². The minimum atomic E-state index is -0.785. The largest absolute Gasteiger partial charge is 0.462 e. The summed E-state index contributed by atoms with van der Waals surface area (Å²) in [6, 6.07) is 0. The molecule has 0 heterocycles. The van der Waals surface area contributed by atoms with E-state index < -0.39 is 6.10 Å². The highest BCUT2D eigenvalue weighted by molar-refractivity contribution is 5.71. The van der Waals surface area contributed by atoms with Gasteiger partial charge in [0.2, 0.25) is 0 Å². The molecule has 6 nitrogen and oxygen atoms in total. The van der Waals surface area contributed by atoms with Crippen molar-refractivity contribution in [3.05, 3.63) is 97.2 Å². The average molecular weight is 1090 g/mol. The molecule has 78 heavy (non-hydrogen) atoms. The molecule has 0 aromatic rings. The summed E-state index contributed by atoms with van der Waals surface area (Å²) < 4.78 is 16.9. The fourth-order valence-corrected chi connectivity index (χ4v) is 9.33. The van der Waals surface area contributed by atoms with Crippen molar-refractivity contribution in [2.45, 2.75) is 329 Å². The molecular weight excluding hydrogens is 961 g/mol. The summed E-state index contributed by atoms with van der Waals surface area (Å²) in [6.07, 6.45) is 88.6. The van der Waals surface area contributed by atoms with Gasteiger partial charge in [0, 0.05) is 19.3 Å². The van der Waals surface area contributed by atoms with Crippen molar-refractivity contribution in [1.82, 2.24) is 0 Å². The van der Waals surface area contributed by atoms with Crippen molar-refractivity contribution < 1.29 is 28.6 Å². The van der Waals surface area contributed by atoms with E-state index >= 15 is 0 Å². The third-order valence-electron chi connectivity index (χ3n) is 14.3. The maximum atomic E-state index is 12.9. The van der Waals surface area contributed by atoms with Gasteiger partial charge in [0.1, 0.15) is 13.2 Å². The van der Waals surface area contributed by atoms with E-state index in [4.69, 9.17) is 14.2 Å². The first-order chi connectivity index (χ1) is 38.5.